The second-order valence-corrected chi connectivity index (χ2v) is 5.51. The molecule has 7 heteroatoms. The van der Waals surface area contributed by atoms with Crippen LogP contribution in [0.5, 0.6) is 0 Å². The molecule has 1 aromatic carbocycles. The first-order valence-electron chi connectivity index (χ1n) is 5.95. The second-order valence-electron chi connectivity index (χ2n) is 4.19. The zero-order chi connectivity index (χ0) is 15.4. The molecule has 0 aliphatic heterocycles. The van der Waals surface area contributed by atoms with Crippen molar-refractivity contribution in [2.45, 2.75) is 6.92 Å². The normalized spacial score (nSPS) is 10.8. The van der Waals surface area contributed by atoms with Crippen molar-refractivity contribution in [2.75, 3.05) is 5.32 Å². The lowest BCUT2D eigenvalue weighted by Crippen LogP contribution is -2.08. The molecule has 2 aromatic rings. The number of amides is 1. The Labute approximate surface area is 123 Å². The van der Waals surface area contributed by atoms with Crippen LogP contribution in [0, 0.1) is 22.9 Å². The van der Waals surface area contributed by atoms with E-state index in [2.05, 4.69) is 5.32 Å². The van der Waals surface area contributed by atoms with Crippen molar-refractivity contribution in [2.24, 2.45) is 0 Å². The van der Waals surface area contributed by atoms with Gasteiger partial charge in [-0.3, -0.25) is 14.9 Å². The molecule has 2 rings (SSSR count). The number of nitrogens with one attached hydrogen (secondary N) is 1. The molecule has 0 aliphatic carbocycles. The van der Waals surface area contributed by atoms with Gasteiger partial charge in [0.15, 0.2) is 0 Å². The zero-order valence-electron chi connectivity index (χ0n) is 11.0. The number of nitrogens with zero attached hydrogens (tertiary/aromatic N) is 1. The molecule has 0 aliphatic rings. The molecule has 0 atom stereocenters. The summed E-state index contributed by atoms with van der Waals surface area (Å²) in [7, 11) is 0. The number of rotatable bonds is 4. The average molecular weight is 306 g/mol. The van der Waals surface area contributed by atoms with Gasteiger partial charge in [-0.2, -0.15) is 4.39 Å². The van der Waals surface area contributed by atoms with Crippen LogP contribution in [0.4, 0.5) is 15.8 Å². The third kappa shape index (κ3) is 3.96. The first-order valence-corrected chi connectivity index (χ1v) is 6.77. The summed E-state index contributed by atoms with van der Waals surface area (Å²) in [5, 5.41) is 13.1. The number of carbonyl (C=O) groups excluding carboxylic acids is 1. The summed E-state index contributed by atoms with van der Waals surface area (Å²) in [6.45, 7) is 1.96. The molecule has 0 spiro atoms. The molecule has 0 fully saturated rings. The molecule has 1 N–H and O–H groups in total. The van der Waals surface area contributed by atoms with Gasteiger partial charge in [0.1, 0.15) is 0 Å². The minimum absolute atomic E-state index is 0.167. The summed E-state index contributed by atoms with van der Waals surface area (Å²) in [4.78, 5) is 23.5. The lowest BCUT2D eigenvalue weighted by Gasteiger charge is -2.02. The predicted octanol–water partition coefficient (Wildman–Crippen LogP) is 3.76. The minimum Gasteiger partial charge on any atom is -0.322 e. The zero-order valence-corrected chi connectivity index (χ0v) is 11.8. The Balaban J connectivity index is 2.07. The van der Waals surface area contributed by atoms with Gasteiger partial charge in [-0.05, 0) is 37.3 Å². The van der Waals surface area contributed by atoms with E-state index in [1.807, 2.05) is 19.1 Å². The Kier molecular flexibility index (Phi) is 4.44. The number of benzene rings is 1. The molecule has 0 saturated carbocycles. The summed E-state index contributed by atoms with van der Waals surface area (Å²) in [6, 6.07) is 7.01. The topological polar surface area (TPSA) is 72.2 Å². The van der Waals surface area contributed by atoms with Gasteiger partial charge in [-0.15, -0.1) is 11.3 Å². The highest BCUT2D eigenvalue weighted by Gasteiger charge is 2.14. The molecule has 0 radical (unpaired) electrons. The van der Waals surface area contributed by atoms with E-state index in [0.29, 0.717) is 0 Å². The number of hydrogen-bond donors (Lipinski definition) is 1. The predicted molar refractivity (Wildman–Crippen MR) is 79.8 cm³/mol. The van der Waals surface area contributed by atoms with E-state index in [9.17, 15) is 19.3 Å². The van der Waals surface area contributed by atoms with Gasteiger partial charge in [-0.25, -0.2) is 0 Å². The first-order chi connectivity index (χ1) is 9.95. The van der Waals surface area contributed by atoms with Crippen LogP contribution in [-0.4, -0.2) is 10.8 Å². The standard InChI is InChI=1S/C14H11FN2O3S/c1-9-2-4-11(21-9)5-7-14(18)16-10-3-6-12(15)13(8-10)17(19)20/h2-8H,1H3,(H,16,18)/b7-5+. The van der Waals surface area contributed by atoms with E-state index in [1.165, 1.54) is 23.5 Å². The maximum atomic E-state index is 13.2. The van der Waals surface area contributed by atoms with Crippen LogP contribution in [0.15, 0.2) is 36.4 Å². The monoisotopic (exact) mass is 306 g/mol. The molecule has 1 aromatic heterocycles. The van der Waals surface area contributed by atoms with Crippen LogP contribution in [0.2, 0.25) is 0 Å². The van der Waals surface area contributed by atoms with Crippen LogP contribution in [0.3, 0.4) is 0 Å². The molecule has 21 heavy (non-hydrogen) atoms. The van der Waals surface area contributed by atoms with Crippen LogP contribution in [-0.2, 0) is 4.79 Å². The minimum atomic E-state index is -0.942. The lowest BCUT2D eigenvalue weighted by molar-refractivity contribution is -0.387. The van der Waals surface area contributed by atoms with Gasteiger partial charge < -0.3 is 5.32 Å². The molecular formula is C14H11FN2O3S. The number of nitro benzene ring substituents is 1. The van der Waals surface area contributed by atoms with E-state index < -0.39 is 22.3 Å². The van der Waals surface area contributed by atoms with Gasteiger partial charge >= 0.3 is 5.69 Å². The lowest BCUT2D eigenvalue weighted by atomic mass is 10.2. The number of halogens is 1. The maximum Gasteiger partial charge on any atom is 0.306 e. The average Bonchev–Trinajstić information content (AvgIpc) is 2.84. The molecule has 0 bridgehead atoms. The van der Waals surface area contributed by atoms with Crippen LogP contribution in [0.25, 0.3) is 6.08 Å². The van der Waals surface area contributed by atoms with Gasteiger partial charge in [0.05, 0.1) is 4.92 Å². The van der Waals surface area contributed by atoms with Crippen molar-refractivity contribution in [3.05, 3.63) is 62.1 Å². The van der Waals surface area contributed by atoms with Crippen molar-refractivity contribution >= 4 is 34.7 Å². The van der Waals surface area contributed by atoms with Crippen LogP contribution >= 0.6 is 11.3 Å². The number of nitro groups is 1. The van der Waals surface area contributed by atoms with Crippen molar-refractivity contribution in [1.82, 2.24) is 0 Å². The molecule has 1 heterocycles. The SMILES string of the molecule is Cc1ccc(/C=C/C(=O)Nc2ccc(F)c([N+](=O)[O-])c2)s1. The van der Waals surface area contributed by atoms with Crippen molar-refractivity contribution < 1.29 is 14.1 Å². The molecule has 1 amide bonds. The summed E-state index contributed by atoms with van der Waals surface area (Å²) in [5.74, 6) is -1.38. The Morgan fingerprint density at radius 1 is 1.38 bits per heavy atom. The van der Waals surface area contributed by atoms with E-state index in [1.54, 1.807) is 6.08 Å². The fourth-order valence-corrected chi connectivity index (χ4v) is 2.40. The largest absolute Gasteiger partial charge is 0.322 e. The Morgan fingerprint density at radius 3 is 2.76 bits per heavy atom. The third-order valence-corrected chi connectivity index (χ3v) is 3.54. The third-order valence-electron chi connectivity index (χ3n) is 2.57. The summed E-state index contributed by atoms with van der Waals surface area (Å²) < 4.78 is 13.2. The maximum absolute atomic E-state index is 13.2. The summed E-state index contributed by atoms with van der Waals surface area (Å²) >= 11 is 1.54. The quantitative estimate of drug-likeness (QED) is 0.531. The number of hydrogen-bond acceptors (Lipinski definition) is 4. The van der Waals surface area contributed by atoms with Crippen LogP contribution in [0.1, 0.15) is 9.75 Å². The smallest absolute Gasteiger partial charge is 0.306 e. The molecule has 0 unspecified atom stereocenters. The Hall–Kier alpha value is -2.54. The molecule has 108 valence electrons. The summed E-state index contributed by atoms with van der Waals surface area (Å²) in [6.07, 6.45) is 2.96. The Morgan fingerprint density at radius 2 is 2.14 bits per heavy atom. The molecule has 5 nitrogen and oxygen atoms in total. The number of aryl methyl sites for hydroxylation is 1. The van der Waals surface area contributed by atoms with E-state index in [4.69, 9.17) is 0 Å². The van der Waals surface area contributed by atoms with Gasteiger partial charge in [0.25, 0.3) is 0 Å². The first kappa shape index (κ1) is 14.9. The number of carbonyl (C=O) groups is 1. The summed E-state index contributed by atoms with van der Waals surface area (Å²) in [5.41, 5.74) is -0.509. The second kappa shape index (κ2) is 6.27. The molecular weight excluding hydrogens is 295 g/mol. The number of thiophene rings is 1. The van der Waals surface area contributed by atoms with E-state index in [0.717, 1.165) is 21.9 Å². The van der Waals surface area contributed by atoms with Gasteiger partial charge in [-0.1, -0.05) is 0 Å². The van der Waals surface area contributed by atoms with E-state index in [-0.39, 0.29) is 5.69 Å². The highest BCUT2D eigenvalue weighted by molar-refractivity contribution is 7.12. The van der Waals surface area contributed by atoms with E-state index >= 15 is 0 Å². The fraction of sp³-hybridized carbons (Fsp3) is 0.0714. The fourth-order valence-electron chi connectivity index (χ4n) is 1.62. The highest BCUT2D eigenvalue weighted by atomic mass is 32.1. The Bertz CT molecular complexity index is 725. The van der Waals surface area contributed by atoms with Crippen LogP contribution < -0.4 is 5.32 Å². The van der Waals surface area contributed by atoms with Crippen molar-refractivity contribution in [1.29, 1.82) is 0 Å². The number of anilines is 1. The van der Waals surface area contributed by atoms with Crippen molar-refractivity contribution in [3.63, 3.8) is 0 Å². The molecule has 0 saturated heterocycles. The van der Waals surface area contributed by atoms with Gasteiger partial charge in [0, 0.05) is 27.6 Å². The van der Waals surface area contributed by atoms with Crippen molar-refractivity contribution in [3.8, 4) is 0 Å². The van der Waals surface area contributed by atoms with Gasteiger partial charge in [0.2, 0.25) is 11.7 Å². The highest BCUT2D eigenvalue weighted by Crippen LogP contribution is 2.22.